The standard InChI is InChI=1S/C33H36F3N7O3.CH5N/c1-19(2)9-26-25(17-44)31(24(13-37)32(41-26)40-22-5-7-42(8-6-22)23-11-33(35,36)12-23)20-3-4-27-28(10-20)46-18-30(45)43(27)16-29-38-14-21(34)15-39-29;1-2/h3-4,10,13-15,17,19,22-23,37H,5-9,11-12,16,18H2,1-2H3,(H,40,41);2H2,1H3. The average Bonchev–Trinajstić information content (AvgIpc) is 3.06. The van der Waals surface area contributed by atoms with E-state index < -0.39 is 11.7 Å². The molecule has 0 unspecified atom stereocenters. The summed E-state index contributed by atoms with van der Waals surface area (Å²) in [7, 11) is 1.50. The lowest BCUT2D eigenvalue weighted by Gasteiger charge is -2.45. The minimum atomic E-state index is -2.56. The summed E-state index contributed by atoms with van der Waals surface area (Å²) in [4.78, 5) is 41.9. The van der Waals surface area contributed by atoms with Gasteiger partial charge in [-0.15, -0.1) is 0 Å². The van der Waals surface area contributed by atoms with Crippen molar-refractivity contribution in [2.24, 2.45) is 11.7 Å². The number of benzene rings is 1. The Hall–Kier alpha value is -4.43. The van der Waals surface area contributed by atoms with E-state index >= 15 is 0 Å². The van der Waals surface area contributed by atoms with Crippen LogP contribution in [0.4, 0.5) is 24.7 Å². The number of amides is 1. The molecule has 14 heteroatoms. The first-order valence-corrected chi connectivity index (χ1v) is 16.1. The van der Waals surface area contributed by atoms with E-state index in [0.717, 1.165) is 31.5 Å². The predicted molar refractivity (Wildman–Crippen MR) is 176 cm³/mol. The highest BCUT2D eigenvalue weighted by Gasteiger charge is 2.48. The van der Waals surface area contributed by atoms with Crippen LogP contribution in [0.2, 0.25) is 0 Å². The van der Waals surface area contributed by atoms with Gasteiger partial charge < -0.3 is 21.2 Å². The summed E-state index contributed by atoms with van der Waals surface area (Å²) < 4.78 is 46.1. The van der Waals surface area contributed by atoms with E-state index in [9.17, 15) is 22.8 Å². The normalized spacial score (nSPS) is 17.9. The molecule has 11 nitrogen and oxygen atoms in total. The third-order valence-electron chi connectivity index (χ3n) is 8.84. The quantitative estimate of drug-likeness (QED) is 0.204. The number of aldehydes is 1. The second-order valence-corrected chi connectivity index (χ2v) is 12.6. The van der Waals surface area contributed by atoms with Gasteiger partial charge in [-0.1, -0.05) is 19.9 Å². The number of nitrogens with zero attached hydrogens (tertiary/aromatic N) is 5. The fourth-order valence-corrected chi connectivity index (χ4v) is 6.48. The zero-order valence-corrected chi connectivity index (χ0v) is 27.3. The van der Waals surface area contributed by atoms with Gasteiger partial charge in [-0.05, 0) is 49.9 Å². The second-order valence-electron chi connectivity index (χ2n) is 12.6. The van der Waals surface area contributed by atoms with Crippen molar-refractivity contribution in [3.63, 3.8) is 0 Å². The first-order chi connectivity index (χ1) is 23.0. The molecule has 0 bridgehead atoms. The van der Waals surface area contributed by atoms with Crippen LogP contribution in [0.1, 0.15) is 67.0 Å². The largest absolute Gasteiger partial charge is 0.482 e. The van der Waals surface area contributed by atoms with E-state index in [1.165, 1.54) is 18.2 Å². The molecule has 6 rings (SSSR count). The molecule has 4 heterocycles. The van der Waals surface area contributed by atoms with Crippen LogP contribution >= 0.6 is 0 Å². The summed E-state index contributed by atoms with van der Waals surface area (Å²) in [6, 6.07) is 5.16. The van der Waals surface area contributed by atoms with Gasteiger partial charge in [0.2, 0.25) is 0 Å². The Morgan fingerprint density at radius 2 is 1.83 bits per heavy atom. The Balaban J connectivity index is 0.00000221. The van der Waals surface area contributed by atoms with Crippen LogP contribution in [0.25, 0.3) is 11.1 Å². The predicted octanol–water partition coefficient (Wildman–Crippen LogP) is 4.86. The Bertz CT molecular complexity index is 1640. The SMILES string of the molecule is CC(C)Cc1nc(NC2CCN(C3CC(F)(F)C3)CC2)c(C=N)c(-c2ccc3c(c2)OCC(=O)N3Cc2ncc(F)cn2)c1C=O.CN. The Labute approximate surface area is 277 Å². The molecular formula is C34H41F3N8O3. The van der Waals surface area contributed by atoms with Crippen molar-refractivity contribution < 1.29 is 27.5 Å². The van der Waals surface area contributed by atoms with Crippen LogP contribution in [-0.4, -0.2) is 83.0 Å². The van der Waals surface area contributed by atoms with Gasteiger partial charge in [0.05, 0.1) is 30.3 Å². The Morgan fingerprint density at radius 3 is 2.44 bits per heavy atom. The molecule has 0 radical (unpaired) electrons. The van der Waals surface area contributed by atoms with E-state index in [1.54, 1.807) is 18.2 Å². The van der Waals surface area contributed by atoms with Crippen molar-refractivity contribution in [1.29, 1.82) is 5.41 Å². The number of aromatic nitrogens is 3. The van der Waals surface area contributed by atoms with Gasteiger partial charge in [0.25, 0.3) is 11.8 Å². The highest BCUT2D eigenvalue weighted by Crippen LogP contribution is 2.42. The molecule has 2 aliphatic heterocycles. The zero-order valence-electron chi connectivity index (χ0n) is 27.3. The lowest BCUT2D eigenvalue weighted by Crippen LogP contribution is -2.54. The minimum Gasteiger partial charge on any atom is -0.482 e. The molecule has 1 aromatic carbocycles. The maximum atomic E-state index is 13.5. The number of carbonyl (C=O) groups is 2. The molecule has 2 fully saturated rings. The maximum Gasteiger partial charge on any atom is 0.265 e. The van der Waals surface area contributed by atoms with E-state index in [1.807, 2.05) is 13.8 Å². The summed E-state index contributed by atoms with van der Waals surface area (Å²) in [6.07, 6.45) is 5.87. The number of halogens is 3. The number of hydrogen-bond donors (Lipinski definition) is 3. The number of nitrogens with two attached hydrogens (primary N) is 1. The van der Waals surface area contributed by atoms with Crippen LogP contribution in [0, 0.1) is 17.1 Å². The fourth-order valence-electron chi connectivity index (χ4n) is 6.48. The molecule has 1 amide bonds. The molecule has 1 aliphatic carbocycles. The topological polar surface area (TPSA) is 150 Å². The van der Waals surface area contributed by atoms with E-state index in [-0.39, 0.29) is 55.7 Å². The number of nitrogens with one attached hydrogen (secondary N) is 2. The van der Waals surface area contributed by atoms with Gasteiger partial charge in [-0.2, -0.15) is 0 Å². The molecular weight excluding hydrogens is 625 g/mol. The van der Waals surface area contributed by atoms with Crippen LogP contribution < -0.4 is 20.7 Å². The van der Waals surface area contributed by atoms with Gasteiger partial charge in [0.15, 0.2) is 18.7 Å². The number of rotatable bonds is 10. The van der Waals surface area contributed by atoms with Crippen molar-refractivity contribution in [2.45, 2.75) is 70.5 Å². The van der Waals surface area contributed by atoms with Crippen molar-refractivity contribution in [3.8, 4) is 16.9 Å². The summed E-state index contributed by atoms with van der Waals surface area (Å²) in [5.74, 6) is -2.10. The van der Waals surface area contributed by atoms with Gasteiger partial charge in [0.1, 0.15) is 17.4 Å². The van der Waals surface area contributed by atoms with Crippen molar-refractivity contribution >= 4 is 29.9 Å². The van der Waals surface area contributed by atoms with Gasteiger partial charge in [-0.25, -0.2) is 28.1 Å². The molecule has 0 spiro atoms. The highest BCUT2D eigenvalue weighted by atomic mass is 19.3. The Kier molecular flexibility index (Phi) is 10.7. The third-order valence-corrected chi connectivity index (χ3v) is 8.84. The molecule has 0 atom stereocenters. The first-order valence-electron chi connectivity index (χ1n) is 16.1. The number of likely N-dealkylation sites (tertiary alicyclic amines) is 1. The molecule has 3 aromatic rings. The lowest BCUT2D eigenvalue weighted by molar-refractivity contribution is -0.127. The summed E-state index contributed by atoms with van der Waals surface area (Å²) >= 11 is 0. The summed E-state index contributed by atoms with van der Waals surface area (Å²) in [6.45, 7) is 5.25. The number of anilines is 2. The monoisotopic (exact) mass is 666 g/mol. The first kappa shape index (κ1) is 34.9. The smallest absolute Gasteiger partial charge is 0.265 e. The maximum absolute atomic E-state index is 13.5. The van der Waals surface area contributed by atoms with Crippen molar-refractivity contribution in [1.82, 2.24) is 19.9 Å². The van der Waals surface area contributed by atoms with Crippen molar-refractivity contribution in [3.05, 3.63) is 59.1 Å². The average molecular weight is 667 g/mol. The number of carbonyl (C=O) groups excluding carboxylic acids is 2. The Morgan fingerprint density at radius 1 is 1.15 bits per heavy atom. The summed E-state index contributed by atoms with van der Waals surface area (Å²) in [5.41, 5.74) is 7.54. The molecule has 1 saturated heterocycles. The van der Waals surface area contributed by atoms with E-state index in [2.05, 4.69) is 25.9 Å². The van der Waals surface area contributed by atoms with Crippen LogP contribution in [0.15, 0.2) is 30.6 Å². The van der Waals surface area contributed by atoms with Gasteiger partial charge in [-0.3, -0.25) is 19.4 Å². The molecule has 256 valence electrons. The van der Waals surface area contributed by atoms with Crippen LogP contribution in [-0.2, 0) is 17.8 Å². The number of ether oxygens (including phenoxy) is 1. The number of fused-ring (bicyclic) bond motifs is 1. The second kappa shape index (κ2) is 14.8. The number of pyridine rings is 1. The zero-order chi connectivity index (χ0) is 34.6. The lowest BCUT2D eigenvalue weighted by atomic mass is 9.85. The molecule has 1 saturated carbocycles. The van der Waals surface area contributed by atoms with Gasteiger partial charge >= 0.3 is 0 Å². The molecule has 3 aliphatic rings. The van der Waals surface area contributed by atoms with E-state index in [4.69, 9.17) is 15.1 Å². The molecule has 4 N–H and O–H groups in total. The molecule has 48 heavy (non-hydrogen) atoms. The highest BCUT2D eigenvalue weighted by molar-refractivity contribution is 6.03. The van der Waals surface area contributed by atoms with E-state index in [0.29, 0.717) is 64.7 Å². The van der Waals surface area contributed by atoms with Crippen LogP contribution in [0.5, 0.6) is 5.75 Å². The van der Waals surface area contributed by atoms with Crippen LogP contribution in [0.3, 0.4) is 0 Å². The number of alkyl halides is 2. The van der Waals surface area contributed by atoms with Crippen molar-refractivity contribution in [2.75, 3.05) is 37.0 Å². The fraction of sp³-hybridized carbons (Fsp3) is 0.471. The summed E-state index contributed by atoms with van der Waals surface area (Å²) in [5, 5.41) is 11.9. The van der Waals surface area contributed by atoms with Gasteiger partial charge in [0, 0.05) is 60.9 Å². The number of piperidine rings is 1. The number of hydrogen-bond acceptors (Lipinski definition) is 10. The third kappa shape index (κ3) is 7.49. The molecule has 2 aromatic heterocycles. The minimum absolute atomic E-state index is 0.0179.